The Hall–Kier alpha value is -0.820. The smallest absolute Gasteiger partial charge is 0.0156 e. The van der Waals surface area contributed by atoms with E-state index in [0.29, 0.717) is 17.9 Å². The molecule has 1 heteroatoms. The summed E-state index contributed by atoms with van der Waals surface area (Å²) in [6, 6.07) is 9.31. The number of rotatable bonds is 6. The van der Waals surface area contributed by atoms with Gasteiger partial charge in [0.15, 0.2) is 0 Å². The molecule has 0 aromatic heterocycles. The van der Waals surface area contributed by atoms with Crippen molar-refractivity contribution in [1.82, 2.24) is 5.32 Å². The van der Waals surface area contributed by atoms with Gasteiger partial charge in [-0.2, -0.15) is 0 Å². The second-order valence-corrected chi connectivity index (χ2v) is 5.37. The van der Waals surface area contributed by atoms with E-state index in [-0.39, 0.29) is 0 Å². The fourth-order valence-corrected chi connectivity index (χ4v) is 2.59. The van der Waals surface area contributed by atoms with E-state index in [1.807, 2.05) is 0 Å². The van der Waals surface area contributed by atoms with Gasteiger partial charge in [0.2, 0.25) is 0 Å². The number of aryl methyl sites for hydroxylation is 1. The first-order chi connectivity index (χ1) is 8.07. The summed E-state index contributed by atoms with van der Waals surface area (Å²) in [7, 11) is 0. The molecule has 2 atom stereocenters. The zero-order valence-electron chi connectivity index (χ0n) is 12.0. The number of hydrogen-bond donors (Lipinski definition) is 1. The lowest BCUT2D eigenvalue weighted by Crippen LogP contribution is -2.38. The molecule has 1 aromatic rings. The number of benzene rings is 1. The topological polar surface area (TPSA) is 12.0 Å². The van der Waals surface area contributed by atoms with Crippen LogP contribution in [0.3, 0.4) is 0 Å². The lowest BCUT2D eigenvalue weighted by Gasteiger charge is -2.30. The highest BCUT2D eigenvalue weighted by atomic mass is 14.9. The monoisotopic (exact) mass is 233 g/mol. The minimum Gasteiger partial charge on any atom is -0.313 e. The van der Waals surface area contributed by atoms with E-state index in [1.165, 1.54) is 17.5 Å². The van der Waals surface area contributed by atoms with E-state index in [9.17, 15) is 0 Å². The SMILES string of the molecule is CCCNC(C(C)C)C(C)c1ccccc1C. The van der Waals surface area contributed by atoms with Crippen LogP contribution in [0.15, 0.2) is 24.3 Å². The largest absolute Gasteiger partial charge is 0.313 e. The average Bonchev–Trinajstić information content (AvgIpc) is 2.29. The summed E-state index contributed by atoms with van der Waals surface area (Å²) in [5.74, 6) is 1.24. The third-order valence-corrected chi connectivity index (χ3v) is 3.57. The van der Waals surface area contributed by atoms with Crippen LogP contribution in [0, 0.1) is 12.8 Å². The molecule has 0 radical (unpaired) electrons. The van der Waals surface area contributed by atoms with E-state index in [2.05, 4.69) is 64.2 Å². The predicted molar refractivity (Wildman–Crippen MR) is 76.5 cm³/mol. The molecular weight excluding hydrogens is 206 g/mol. The molecule has 0 spiro atoms. The molecule has 0 amide bonds. The number of hydrogen-bond acceptors (Lipinski definition) is 1. The van der Waals surface area contributed by atoms with Crippen LogP contribution < -0.4 is 5.32 Å². The fraction of sp³-hybridized carbons (Fsp3) is 0.625. The van der Waals surface area contributed by atoms with Crippen molar-refractivity contribution in [2.75, 3.05) is 6.54 Å². The Balaban J connectivity index is 2.84. The molecule has 1 aromatic carbocycles. The van der Waals surface area contributed by atoms with Gasteiger partial charge in [-0.25, -0.2) is 0 Å². The van der Waals surface area contributed by atoms with Crippen LogP contribution in [0.5, 0.6) is 0 Å². The highest BCUT2D eigenvalue weighted by molar-refractivity contribution is 5.30. The van der Waals surface area contributed by atoms with Crippen LogP contribution in [0.25, 0.3) is 0 Å². The summed E-state index contributed by atoms with van der Waals surface area (Å²) in [5, 5.41) is 3.69. The molecule has 0 aliphatic carbocycles. The third kappa shape index (κ3) is 3.85. The van der Waals surface area contributed by atoms with Crippen molar-refractivity contribution in [2.45, 2.75) is 53.0 Å². The molecule has 17 heavy (non-hydrogen) atoms. The standard InChI is InChI=1S/C16H27N/c1-6-11-17-16(12(2)3)14(5)15-10-8-7-9-13(15)4/h7-10,12,14,16-17H,6,11H2,1-5H3. The van der Waals surface area contributed by atoms with Gasteiger partial charge in [-0.05, 0) is 42.9 Å². The highest BCUT2D eigenvalue weighted by Crippen LogP contribution is 2.26. The average molecular weight is 233 g/mol. The van der Waals surface area contributed by atoms with Crippen molar-refractivity contribution in [3.05, 3.63) is 35.4 Å². The Morgan fingerprint density at radius 3 is 2.29 bits per heavy atom. The van der Waals surface area contributed by atoms with Gasteiger partial charge in [-0.15, -0.1) is 0 Å². The first kappa shape index (κ1) is 14.2. The Kier molecular flexibility index (Phi) is 5.70. The number of nitrogens with one attached hydrogen (secondary N) is 1. The summed E-state index contributed by atoms with van der Waals surface area (Å²) in [5.41, 5.74) is 2.89. The van der Waals surface area contributed by atoms with Gasteiger partial charge in [-0.1, -0.05) is 52.0 Å². The Morgan fingerprint density at radius 1 is 1.12 bits per heavy atom. The van der Waals surface area contributed by atoms with Gasteiger partial charge in [0.1, 0.15) is 0 Å². The first-order valence-corrected chi connectivity index (χ1v) is 6.86. The van der Waals surface area contributed by atoms with Crippen LogP contribution in [0.2, 0.25) is 0 Å². The normalized spacial score (nSPS) is 14.9. The van der Waals surface area contributed by atoms with Crippen LogP contribution in [-0.4, -0.2) is 12.6 Å². The molecule has 0 heterocycles. The van der Waals surface area contributed by atoms with Crippen molar-refractivity contribution in [3.8, 4) is 0 Å². The lowest BCUT2D eigenvalue weighted by atomic mass is 9.84. The van der Waals surface area contributed by atoms with Gasteiger partial charge < -0.3 is 5.32 Å². The Morgan fingerprint density at radius 2 is 1.76 bits per heavy atom. The molecule has 2 unspecified atom stereocenters. The van der Waals surface area contributed by atoms with Gasteiger partial charge in [-0.3, -0.25) is 0 Å². The van der Waals surface area contributed by atoms with Crippen molar-refractivity contribution >= 4 is 0 Å². The molecule has 0 saturated heterocycles. The Labute approximate surface area is 107 Å². The van der Waals surface area contributed by atoms with Crippen LogP contribution in [0.4, 0.5) is 0 Å². The van der Waals surface area contributed by atoms with Gasteiger partial charge in [0.05, 0.1) is 0 Å². The maximum absolute atomic E-state index is 3.69. The van der Waals surface area contributed by atoms with Crippen molar-refractivity contribution in [1.29, 1.82) is 0 Å². The first-order valence-electron chi connectivity index (χ1n) is 6.86. The second kappa shape index (κ2) is 6.80. The van der Waals surface area contributed by atoms with Gasteiger partial charge in [0, 0.05) is 6.04 Å². The highest BCUT2D eigenvalue weighted by Gasteiger charge is 2.22. The van der Waals surface area contributed by atoms with Gasteiger partial charge in [0.25, 0.3) is 0 Å². The molecule has 0 saturated carbocycles. The summed E-state index contributed by atoms with van der Waals surface area (Å²) in [6.07, 6.45) is 1.20. The van der Waals surface area contributed by atoms with Gasteiger partial charge >= 0.3 is 0 Å². The van der Waals surface area contributed by atoms with Crippen LogP contribution >= 0.6 is 0 Å². The minimum absolute atomic E-state index is 0.566. The molecule has 0 aliphatic heterocycles. The molecule has 0 fully saturated rings. The molecule has 0 aliphatic rings. The fourth-order valence-electron chi connectivity index (χ4n) is 2.59. The van der Waals surface area contributed by atoms with Crippen LogP contribution in [0.1, 0.15) is 51.2 Å². The molecule has 96 valence electrons. The molecule has 1 nitrogen and oxygen atoms in total. The molecule has 0 bridgehead atoms. The van der Waals surface area contributed by atoms with Crippen LogP contribution in [-0.2, 0) is 0 Å². The van der Waals surface area contributed by atoms with E-state index in [4.69, 9.17) is 0 Å². The van der Waals surface area contributed by atoms with Crippen molar-refractivity contribution < 1.29 is 0 Å². The van der Waals surface area contributed by atoms with Crippen molar-refractivity contribution in [3.63, 3.8) is 0 Å². The van der Waals surface area contributed by atoms with Crippen molar-refractivity contribution in [2.24, 2.45) is 5.92 Å². The summed E-state index contributed by atoms with van der Waals surface area (Å²) >= 11 is 0. The Bertz CT molecular complexity index is 330. The molecule has 1 rings (SSSR count). The zero-order chi connectivity index (χ0) is 12.8. The van der Waals surface area contributed by atoms with E-state index < -0.39 is 0 Å². The quantitative estimate of drug-likeness (QED) is 0.779. The van der Waals surface area contributed by atoms with E-state index in [1.54, 1.807) is 0 Å². The molecule has 1 N–H and O–H groups in total. The summed E-state index contributed by atoms with van der Waals surface area (Å²) in [4.78, 5) is 0. The molecular formula is C16H27N. The predicted octanol–water partition coefficient (Wildman–Crippen LogP) is 4.12. The summed E-state index contributed by atoms with van der Waals surface area (Å²) < 4.78 is 0. The van der Waals surface area contributed by atoms with E-state index in [0.717, 1.165) is 6.54 Å². The zero-order valence-corrected chi connectivity index (χ0v) is 12.0. The summed E-state index contributed by atoms with van der Waals surface area (Å²) in [6.45, 7) is 12.5. The van der Waals surface area contributed by atoms with E-state index >= 15 is 0 Å². The maximum Gasteiger partial charge on any atom is 0.0156 e. The minimum atomic E-state index is 0.566. The second-order valence-electron chi connectivity index (χ2n) is 5.37. The lowest BCUT2D eigenvalue weighted by molar-refractivity contribution is 0.353. The maximum atomic E-state index is 3.69. The third-order valence-electron chi connectivity index (χ3n) is 3.57.